The van der Waals surface area contributed by atoms with Gasteiger partial charge in [0.15, 0.2) is 0 Å². The van der Waals surface area contributed by atoms with E-state index in [2.05, 4.69) is 5.32 Å². The number of anilines is 1. The van der Waals surface area contributed by atoms with Crippen LogP contribution in [0.2, 0.25) is 0 Å². The maximum atomic E-state index is 12.2. The SMILES string of the molecule is COc1ccc(NC(=O)CN(CCN(C)C)S(C)(=O)=O)c(OC)c1. The molecule has 0 bridgehead atoms. The molecule has 0 aromatic heterocycles. The first-order valence-corrected chi connectivity index (χ1v) is 9.14. The Morgan fingerprint density at radius 2 is 1.83 bits per heavy atom. The van der Waals surface area contributed by atoms with Crippen LogP contribution in [-0.4, -0.2) is 77.7 Å². The van der Waals surface area contributed by atoms with Crippen LogP contribution in [0.3, 0.4) is 0 Å². The zero-order valence-electron chi connectivity index (χ0n) is 14.7. The Morgan fingerprint density at radius 1 is 1.17 bits per heavy atom. The number of hydrogen-bond donors (Lipinski definition) is 1. The number of methoxy groups -OCH3 is 2. The molecule has 0 fully saturated rings. The highest BCUT2D eigenvalue weighted by molar-refractivity contribution is 7.88. The summed E-state index contributed by atoms with van der Waals surface area (Å²) >= 11 is 0. The van der Waals surface area contributed by atoms with Crippen molar-refractivity contribution >= 4 is 21.6 Å². The number of benzene rings is 1. The van der Waals surface area contributed by atoms with E-state index in [0.29, 0.717) is 23.7 Å². The summed E-state index contributed by atoms with van der Waals surface area (Å²) in [6.45, 7) is 0.493. The number of rotatable bonds is 9. The smallest absolute Gasteiger partial charge is 0.239 e. The molecule has 0 saturated carbocycles. The maximum Gasteiger partial charge on any atom is 0.239 e. The lowest BCUT2D eigenvalue weighted by atomic mass is 10.2. The number of carbonyl (C=O) groups excluding carboxylic acids is 1. The topological polar surface area (TPSA) is 88.2 Å². The minimum Gasteiger partial charge on any atom is -0.497 e. The fraction of sp³-hybridized carbons (Fsp3) is 0.533. The molecule has 0 aliphatic carbocycles. The Balaban J connectivity index is 2.82. The van der Waals surface area contributed by atoms with Crippen molar-refractivity contribution in [2.24, 2.45) is 0 Å². The van der Waals surface area contributed by atoms with Gasteiger partial charge < -0.3 is 19.7 Å². The van der Waals surface area contributed by atoms with Crippen molar-refractivity contribution in [3.05, 3.63) is 18.2 Å². The number of nitrogens with zero attached hydrogens (tertiary/aromatic N) is 2. The molecule has 0 radical (unpaired) electrons. The molecule has 8 nitrogen and oxygen atoms in total. The molecular weight excluding hydrogens is 334 g/mol. The van der Waals surface area contributed by atoms with E-state index in [0.717, 1.165) is 10.6 Å². The number of amides is 1. The highest BCUT2D eigenvalue weighted by Gasteiger charge is 2.20. The van der Waals surface area contributed by atoms with Crippen LogP contribution in [0, 0.1) is 0 Å². The molecule has 0 heterocycles. The van der Waals surface area contributed by atoms with E-state index in [9.17, 15) is 13.2 Å². The van der Waals surface area contributed by atoms with E-state index in [-0.39, 0.29) is 13.1 Å². The summed E-state index contributed by atoms with van der Waals surface area (Å²) in [6, 6.07) is 4.95. The van der Waals surface area contributed by atoms with Gasteiger partial charge in [0.25, 0.3) is 0 Å². The molecule has 1 rings (SSSR count). The minimum atomic E-state index is -3.48. The van der Waals surface area contributed by atoms with Crippen molar-refractivity contribution < 1.29 is 22.7 Å². The first-order chi connectivity index (χ1) is 11.2. The third kappa shape index (κ3) is 6.34. The largest absolute Gasteiger partial charge is 0.497 e. The second-order valence-corrected chi connectivity index (χ2v) is 7.50. The van der Waals surface area contributed by atoms with Gasteiger partial charge in [0.2, 0.25) is 15.9 Å². The van der Waals surface area contributed by atoms with Gasteiger partial charge in [-0.15, -0.1) is 0 Å². The van der Waals surface area contributed by atoms with E-state index >= 15 is 0 Å². The zero-order valence-corrected chi connectivity index (χ0v) is 15.5. The molecular formula is C15H25N3O5S. The lowest BCUT2D eigenvalue weighted by molar-refractivity contribution is -0.116. The van der Waals surface area contributed by atoms with Crippen molar-refractivity contribution in [3.63, 3.8) is 0 Å². The normalized spacial score (nSPS) is 11.6. The van der Waals surface area contributed by atoms with Crippen LogP contribution in [0.25, 0.3) is 0 Å². The van der Waals surface area contributed by atoms with Gasteiger partial charge in [-0.25, -0.2) is 8.42 Å². The van der Waals surface area contributed by atoms with Crippen molar-refractivity contribution in [1.82, 2.24) is 9.21 Å². The summed E-state index contributed by atoms with van der Waals surface area (Å²) in [5.41, 5.74) is 0.448. The zero-order chi connectivity index (χ0) is 18.3. The first-order valence-electron chi connectivity index (χ1n) is 7.29. The standard InChI is InChI=1S/C15H25N3O5S/c1-17(2)8-9-18(24(5,20)21)11-15(19)16-13-7-6-12(22-3)10-14(13)23-4/h6-7,10H,8-9,11H2,1-5H3,(H,16,19). The van der Waals surface area contributed by atoms with E-state index in [1.165, 1.54) is 14.2 Å². The first kappa shape index (κ1) is 20.2. The minimum absolute atomic E-state index is 0.235. The monoisotopic (exact) mass is 359 g/mol. The molecule has 0 atom stereocenters. The predicted molar refractivity (Wildman–Crippen MR) is 93.1 cm³/mol. The van der Waals surface area contributed by atoms with Gasteiger partial charge in [0.1, 0.15) is 11.5 Å². The molecule has 0 unspecified atom stereocenters. The molecule has 1 aromatic carbocycles. The average Bonchev–Trinajstić information content (AvgIpc) is 2.50. The third-order valence-electron chi connectivity index (χ3n) is 3.27. The number of ether oxygens (including phenoxy) is 2. The quantitative estimate of drug-likeness (QED) is 0.689. The fourth-order valence-corrected chi connectivity index (χ4v) is 2.69. The van der Waals surface area contributed by atoms with Gasteiger partial charge in [-0.2, -0.15) is 4.31 Å². The van der Waals surface area contributed by atoms with Gasteiger partial charge >= 0.3 is 0 Å². The molecule has 0 aliphatic rings. The molecule has 0 saturated heterocycles. The Bertz CT molecular complexity index is 661. The summed E-state index contributed by atoms with van der Waals surface area (Å²) in [6.07, 6.45) is 1.09. The molecule has 1 N–H and O–H groups in total. The van der Waals surface area contributed by atoms with Crippen molar-refractivity contribution in [2.45, 2.75) is 0 Å². The number of sulfonamides is 1. The second kappa shape index (κ2) is 8.86. The highest BCUT2D eigenvalue weighted by Crippen LogP contribution is 2.28. The van der Waals surface area contributed by atoms with Gasteiger partial charge in [-0.1, -0.05) is 0 Å². The lowest BCUT2D eigenvalue weighted by Gasteiger charge is -2.21. The van der Waals surface area contributed by atoms with E-state index in [1.807, 2.05) is 19.0 Å². The summed E-state index contributed by atoms with van der Waals surface area (Å²) in [4.78, 5) is 14.1. The van der Waals surface area contributed by atoms with Crippen LogP contribution in [0.5, 0.6) is 11.5 Å². The number of likely N-dealkylation sites (N-methyl/N-ethyl adjacent to an activating group) is 1. The highest BCUT2D eigenvalue weighted by atomic mass is 32.2. The van der Waals surface area contributed by atoms with Gasteiger partial charge in [-0.05, 0) is 26.2 Å². The molecule has 0 aliphatic heterocycles. The van der Waals surface area contributed by atoms with Crippen LogP contribution in [0.4, 0.5) is 5.69 Å². The molecule has 136 valence electrons. The number of carbonyl (C=O) groups is 1. The lowest BCUT2D eigenvalue weighted by Crippen LogP contribution is -2.41. The number of nitrogens with one attached hydrogen (secondary N) is 1. The summed E-state index contributed by atoms with van der Waals surface area (Å²) < 4.78 is 35.1. The molecule has 1 amide bonds. The summed E-state index contributed by atoms with van der Waals surface area (Å²) in [5, 5.41) is 2.66. The fourth-order valence-electron chi connectivity index (χ4n) is 1.93. The van der Waals surface area contributed by atoms with Crippen molar-refractivity contribution in [1.29, 1.82) is 0 Å². The maximum absolute atomic E-state index is 12.2. The second-order valence-electron chi connectivity index (χ2n) is 5.51. The average molecular weight is 359 g/mol. The van der Waals surface area contributed by atoms with E-state index in [1.54, 1.807) is 18.2 Å². The molecule has 9 heteroatoms. The van der Waals surface area contributed by atoms with Crippen LogP contribution >= 0.6 is 0 Å². The third-order valence-corrected chi connectivity index (χ3v) is 4.52. The van der Waals surface area contributed by atoms with Crippen LogP contribution in [-0.2, 0) is 14.8 Å². The Kier molecular flexibility index (Phi) is 7.46. The molecule has 0 spiro atoms. The van der Waals surface area contributed by atoms with Crippen LogP contribution < -0.4 is 14.8 Å². The Hall–Kier alpha value is -1.84. The van der Waals surface area contributed by atoms with Crippen molar-refractivity contribution in [3.8, 4) is 11.5 Å². The van der Waals surface area contributed by atoms with Gasteiger partial charge in [0, 0.05) is 19.2 Å². The van der Waals surface area contributed by atoms with E-state index < -0.39 is 15.9 Å². The van der Waals surface area contributed by atoms with E-state index in [4.69, 9.17) is 9.47 Å². The van der Waals surface area contributed by atoms with Gasteiger partial charge in [-0.3, -0.25) is 4.79 Å². The van der Waals surface area contributed by atoms with Crippen molar-refractivity contribution in [2.75, 3.05) is 59.5 Å². The Labute approximate surface area is 143 Å². The van der Waals surface area contributed by atoms with Crippen LogP contribution in [0.15, 0.2) is 18.2 Å². The molecule has 1 aromatic rings. The predicted octanol–water partition coefficient (Wildman–Crippen LogP) is 0.466. The molecule has 24 heavy (non-hydrogen) atoms. The van der Waals surface area contributed by atoms with Gasteiger partial charge in [0.05, 0.1) is 32.7 Å². The number of hydrogen-bond acceptors (Lipinski definition) is 6. The van der Waals surface area contributed by atoms with Crippen LogP contribution in [0.1, 0.15) is 0 Å². The summed E-state index contributed by atoms with van der Waals surface area (Å²) in [7, 11) is 3.20. The summed E-state index contributed by atoms with van der Waals surface area (Å²) in [5.74, 6) is 0.582. The Morgan fingerprint density at radius 3 is 2.33 bits per heavy atom.